The fourth-order valence-electron chi connectivity index (χ4n) is 3.60. The van der Waals surface area contributed by atoms with Crippen molar-refractivity contribution < 1.29 is 14.6 Å². The number of nitrogens with one attached hydrogen (secondary N) is 2. The van der Waals surface area contributed by atoms with E-state index in [-0.39, 0.29) is 23.8 Å². The summed E-state index contributed by atoms with van der Waals surface area (Å²) in [5, 5.41) is 25.1. The van der Waals surface area contributed by atoms with E-state index in [2.05, 4.69) is 0 Å². The third-order valence-electron chi connectivity index (χ3n) is 5.30. The molecule has 7 N–H and O–H groups in total. The first-order valence-electron chi connectivity index (χ1n) is 10.2. The van der Waals surface area contributed by atoms with Gasteiger partial charge in [-0.25, -0.2) is 4.79 Å². The van der Waals surface area contributed by atoms with Crippen molar-refractivity contribution in [3.8, 4) is 11.5 Å². The molecule has 170 valence electrons. The van der Waals surface area contributed by atoms with E-state index < -0.39 is 11.5 Å². The van der Waals surface area contributed by atoms with Gasteiger partial charge in [0.2, 0.25) is 0 Å². The van der Waals surface area contributed by atoms with Crippen molar-refractivity contribution in [1.82, 2.24) is 4.57 Å². The summed E-state index contributed by atoms with van der Waals surface area (Å²) in [5.74, 6) is -0.538. The number of pyridine rings is 1. The molecule has 0 saturated carbocycles. The second-order valence-corrected chi connectivity index (χ2v) is 7.62. The molecule has 4 aromatic rings. The molecule has 34 heavy (non-hydrogen) atoms. The molecule has 4 rings (SSSR count). The third kappa shape index (κ3) is 4.49. The van der Waals surface area contributed by atoms with Gasteiger partial charge in [0.1, 0.15) is 23.2 Å². The molecule has 9 heteroatoms. The number of nitrogens with zero attached hydrogens (tertiary/aromatic N) is 1. The normalized spacial score (nSPS) is 10.7. The van der Waals surface area contributed by atoms with E-state index in [9.17, 15) is 14.7 Å². The number of fused-ring (bicyclic) bond motifs is 1. The predicted molar refractivity (Wildman–Crippen MR) is 129 cm³/mol. The van der Waals surface area contributed by atoms with Crippen molar-refractivity contribution in [2.75, 3.05) is 0 Å². The van der Waals surface area contributed by atoms with E-state index in [1.54, 1.807) is 66.7 Å². The zero-order valence-electron chi connectivity index (χ0n) is 17.9. The van der Waals surface area contributed by atoms with Gasteiger partial charge in [0.25, 0.3) is 5.56 Å². The molecule has 9 nitrogen and oxygen atoms in total. The number of carboxylic acid groups (broad SMARTS) is 1. The van der Waals surface area contributed by atoms with Gasteiger partial charge >= 0.3 is 5.97 Å². The molecule has 0 fully saturated rings. The maximum Gasteiger partial charge on any atom is 0.336 e. The van der Waals surface area contributed by atoms with Gasteiger partial charge in [0, 0.05) is 28.6 Å². The lowest BCUT2D eigenvalue weighted by molar-refractivity contribution is 0.0698. The Labute approximate surface area is 193 Å². The highest BCUT2D eigenvalue weighted by Gasteiger charge is 2.16. The van der Waals surface area contributed by atoms with Gasteiger partial charge in [0.05, 0.1) is 17.6 Å². The minimum Gasteiger partial charge on any atom is -0.478 e. The topological polar surface area (TPSA) is 168 Å². The minimum atomic E-state index is -1.21. The highest BCUT2D eigenvalue weighted by molar-refractivity contribution is 6.03. The van der Waals surface area contributed by atoms with Gasteiger partial charge in [-0.1, -0.05) is 36.4 Å². The van der Waals surface area contributed by atoms with Gasteiger partial charge in [-0.05, 0) is 29.8 Å². The van der Waals surface area contributed by atoms with E-state index in [4.69, 9.17) is 27.0 Å². The molecule has 1 heterocycles. The average Bonchev–Trinajstić information content (AvgIpc) is 2.81. The van der Waals surface area contributed by atoms with Crippen LogP contribution in [0.2, 0.25) is 0 Å². The molecule has 0 atom stereocenters. The Balaban J connectivity index is 1.80. The van der Waals surface area contributed by atoms with E-state index in [0.717, 1.165) is 11.6 Å². The van der Waals surface area contributed by atoms with Crippen molar-refractivity contribution in [3.05, 3.63) is 105 Å². The maximum atomic E-state index is 12.9. The van der Waals surface area contributed by atoms with Crippen LogP contribution in [0.25, 0.3) is 10.9 Å². The molecule has 0 aliphatic rings. The number of amidine groups is 2. The van der Waals surface area contributed by atoms with Crippen LogP contribution in [0, 0.1) is 10.8 Å². The number of aromatic carboxylic acids is 1. The van der Waals surface area contributed by atoms with Crippen molar-refractivity contribution in [1.29, 1.82) is 10.8 Å². The number of carbonyl (C=O) groups is 1. The molecule has 0 spiro atoms. The molecule has 0 saturated heterocycles. The molecule has 0 amide bonds. The Morgan fingerprint density at radius 3 is 2.21 bits per heavy atom. The highest BCUT2D eigenvalue weighted by Crippen LogP contribution is 2.28. The van der Waals surface area contributed by atoms with Crippen LogP contribution in [-0.2, 0) is 6.54 Å². The summed E-state index contributed by atoms with van der Waals surface area (Å²) in [7, 11) is 0. The van der Waals surface area contributed by atoms with Crippen LogP contribution in [0.15, 0.2) is 77.6 Å². The molecule has 3 aromatic carbocycles. The van der Waals surface area contributed by atoms with Gasteiger partial charge in [-0.3, -0.25) is 15.6 Å². The number of aromatic nitrogens is 1. The van der Waals surface area contributed by atoms with Crippen LogP contribution < -0.4 is 21.8 Å². The first-order valence-corrected chi connectivity index (χ1v) is 10.2. The summed E-state index contributed by atoms with van der Waals surface area (Å²) in [6.07, 6.45) is 0. The summed E-state index contributed by atoms with van der Waals surface area (Å²) in [4.78, 5) is 24.7. The number of rotatable bonds is 7. The SMILES string of the molecule is N=C(N)c1ccc(Cn2c(=O)cc(C(=O)O)c3ccc(Oc4cccc(C(=N)N)c4)cc32)cc1. The Hall–Kier alpha value is -4.92. The second kappa shape index (κ2) is 8.91. The number of carboxylic acids is 1. The smallest absolute Gasteiger partial charge is 0.336 e. The number of nitrogens with two attached hydrogens (primary N) is 2. The first kappa shape index (κ1) is 22.3. The minimum absolute atomic E-state index is 0.0596. The summed E-state index contributed by atoms with van der Waals surface area (Å²) in [6.45, 7) is 0.177. The molecule has 0 bridgehead atoms. The van der Waals surface area contributed by atoms with Gasteiger partial charge in [-0.15, -0.1) is 0 Å². The number of benzene rings is 3. The fourth-order valence-corrected chi connectivity index (χ4v) is 3.60. The Bertz CT molecular complexity index is 1510. The molecule has 0 aliphatic heterocycles. The van der Waals surface area contributed by atoms with Gasteiger partial charge in [-0.2, -0.15) is 0 Å². The van der Waals surface area contributed by atoms with Crippen molar-refractivity contribution in [2.45, 2.75) is 6.54 Å². The summed E-state index contributed by atoms with van der Waals surface area (Å²) >= 11 is 0. The quantitative estimate of drug-likeness (QED) is 0.212. The van der Waals surface area contributed by atoms with Crippen LogP contribution in [0.4, 0.5) is 0 Å². The van der Waals surface area contributed by atoms with E-state index in [1.165, 1.54) is 4.57 Å². The fraction of sp³-hybridized carbons (Fsp3) is 0.0400. The van der Waals surface area contributed by atoms with Crippen LogP contribution in [0.3, 0.4) is 0 Å². The zero-order chi connectivity index (χ0) is 24.4. The highest BCUT2D eigenvalue weighted by atomic mass is 16.5. The molecular weight excluding hydrogens is 434 g/mol. The van der Waals surface area contributed by atoms with Crippen molar-refractivity contribution in [2.24, 2.45) is 11.5 Å². The Morgan fingerprint density at radius 2 is 1.56 bits per heavy atom. The Morgan fingerprint density at radius 1 is 0.882 bits per heavy atom. The molecule has 1 aromatic heterocycles. The van der Waals surface area contributed by atoms with E-state index in [0.29, 0.717) is 33.5 Å². The molecular formula is C25H21N5O4. The lowest BCUT2D eigenvalue weighted by Crippen LogP contribution is -2.22. The molecule has 0 unspecified atom stereocenters. The number of ether oxygens (including phenoxy) is 1. The van der Waals surface area contributed by atoms with Crippen molar-refractivity contribution in [3.63, 3.8) is 0 Å². The standard InChI is InChI=1S/C25H21N5O4/c26-23(27)15-6-4-14(5-7-15)13-30-21-11-18(34-17-3-1-2-16(10-17)24(28)29)8-9-19(21)20(25(32)33)12-22(30)31/h1-12H,13H2,(H3,26,27)(H3,28,29)(H,32,33). The third-order valence-corrected chi connectivity index (χ3v) is 5.30. The lowest BCUT2D eigenvalue weighted by atomic mass is 10.1. The lowest BCUT2D eigenvalue weighted by Gasteiger charge is -2.14. The zero-order valence-corrected chi connectivity index (χ0v) is 17.9. The van der Waals surface area contributed by atoms with E-state index in [1.807, 2.05) is 0 Å². The van der Waals surface area contributed by atoms with Gasteiger partial charge < -0.3 is 25.9 Å². The van der Waals surface area contributed by atoms with Gasteiger partial charge in [0.15, 0.2) is 0 Å². The molecule has 0 aliphatic carbocycles. The second-order valence-electron chi connectivity index (χ2n) is 7.62. The number of hydrogen-bond donors (Lipinski definition) is 5. The number of hydrogen-bond acceptors (Lipinski definition) is 5. The molecule has 0 radical (unpaired) electrons. The van der Waals surface area contributed by atoms with Crippen LogP contribution in [0.1, 0.15) is 27.0 Å². The Kier molecular flexibility index (Phi) is 5.84. The van der Waals surface area contributed by atoms with E-state index >= 15 is 0 Å². The average molecular weight is 455 g/mol. The summed E-state index contributed by atoms with van der Waals surface area (Å²) < 4.78 is 7.37. The first-order chi connectivity index (χ1) is 16.2. The maximum absolute atomic E-state index is 12.9. The van der Waals surface area contributed by atoms with Crippen LogP contribution >= 0.6 is 0 Å². The number of nitrogen functional groups attached to an aromatic ring is 2. The van der Waals surface area contributed by atoms with Crippen LogP contribution in [0.5, 0.6) is 11.5 Å². The van der Waals surface area contributed by atoms with Crippen molar-refractivity contribution >= 4 is 28.5 Å². The summed E-state index contributed by atoms with van der Waals surface area (Å²) in [5.41, 5.74) is 12.7. The summed E-state index contributed by atoms with van der Waals surface area (Å²) in [6, 6.07) is 19.5. The monoisotopic (exact) mass is 455 g/mol. The largest absolute Gasteiger partial charge is 0.478 e. The predicted octanol–water partition coefficient (Wildman–Crippen LogP) is 3.11. The van der Waals surface area contributed by atoms with Crippen LogP contribution in [-0.4, -0.2) is 27.3 Å².